The maximum atomic E-state index is 13.1. The molecule has 1 saturated carbocycles. The van der Waals surface area contributed by atoms with Crippen molar-refractivity contribution in [1.82, 2.24) is 25.3 Å². The first-order valence-electron chi connectivity index (χ1n) is 16.3. The lowest BCUT2D eigenvalue weighted by molar-refractivity contribution is -0.130. The highest BCUT2D eigenvalue weighted by molar-refractivity contribution is 6.00. The average molecular weight is 598 g/mol. The summed E-state index contributed by atoms with van der Waals surface area (Å²) in [6.45, 7) is 5.23. The Morgan fingerprint density at radius 2 is 1.81 bits per heavy atom. The van der Waals surface area contributed by atoms with Gasteiger partial charge in [0.15, 0.2) is 6.17 Å². The molecule has 0 bridgehead atoms. The van der Waals surface area contributed by atoms with E-state index < -0.39 is 12.1 Å². The first-order chi connectivity index (χ1) is 20.9. The molecule has 1 saturated heterocycles. The van der Waals surface area contributed by atoms with Gasteiger partial charge in [-0.05, 0) is 56.7 Å². The highest BCUT2D eigenvalue weighted by Crippen LogP contribution is 2.31. The van der Waals surface area contributed by atoms with Crippen molar-refractivity contribution in [2.75, 3.05) is 33.3 Å². The maximum absolute atomic E-state index is 13.1. The first kappa shape index (κ1) is 32.6. The molecule has 1 unspecified atom stereocenters. The first-order valence-corrected chi connectivity index (χ1v) is 16.3. The molecule has 43 heavy (non-hydrogen) atoms. The number of amides is 4. The van der Waals surface area contributed by atoms with Crippen molar-refractivity contribution in [2.24, 2.45) is 10.7 Å². The summed E-state index contributed by atoms with van der Waals surface area (Å²) in [7, 11) is 1.86. The number of nitrogens with zero attached hydrogens (tertiary/aromatic N) is 4. The van der Waals surface area contributed by atoms with Crippen LogP contribution in [-0.2, 0) is 16.1 Å². The number of primary amides is 1. The Balaban J connectivity index is 1.43. The van der Waals surface area contributed by atoms with Crippen molar-refractivity contribution in [2.45, 2.75) is 109 Å². The number of likely N-dealkylation sites (tertiary alicyclic amines) is 1. The molecule has 2 fully saturated rings. The molecule has 1 aromatic rings. The van der Waals surface area contributed by atoms with E-state index in [1.54, 1.807) is 4.90 Å². The van der Waals surface area contributed by atoms with Crippen molar-refractivity contribution >= 4 is 29.5 Å². The zero-order valence-corrected chi connectivity index (χ0v) is 26.1. The number of piperidine rings is 1. The molecule has 1 aromatic carbocycles. The van der Waals surface area contributed by atoms with E-state index >= 15 is 0 Å². The van der Waals surface area contributed by atoms with E-state index in [4.69, 9.17) is 15.5 Å². The highest BCUT2D eigenvalue weighted by atomic mass is 16.5. The van der Waals surface area contributed by atoms with Crippen molar-refractivity contribution in [1.29, 1.82) is 0 Å². The summed E-state index contributed by atoms with van der Waals surface area (Å²) in [6, 6.07) is 5.48. The molecule has 2 aliphatic heterocycles. The van der Waals surface area contributed by atoms with Gasteiger partial charge in [0.25, 0.3) is 5.91 Å². The average Bonchev–Trinajstić information content (AvgIpc) is 3.00. The molecule has 238 valence electrons. The normalized spacial score (nSPS) is 18.3. The number of ether oxygens (including phenoxy) is 1. The molecular formula is C32H51N7O4. The second-order valence-corrected chi connectivity index (χ2v) is 12.1. The number of benzene rings is 1. The van der Waals surface area contributed by atoms with Crippen molar-refractivity contribution in [3.8, 4) is 5.75 Å². The van der Waals surface area contributed by atoms with Gasteiger partial charge in [-0.3, -0.25) is 19.8 Å². The number of urea groups is 1. The summed E-state index contributed by atoms with van der Waals surface area (Å²) in [4.78, 5) is 48.9. The molecule has 4 amide bonds. The van der Waals surface area contributed by atoms with Crippen LogP contribution >= 0.6 is 0 Å². The largest absolute Gasteiger partial charge is 0.494 e. The van der Waals surface area contributed by atoms with Gasteiger partial charge in [0.2, 0.25) is 11.9 Å². The molecule has 11 nitrogen and oxygen atoms in total. The summed E-state index contributed by atoms with van der Waals surface area (Å²) in [5.41, 5.74) is 7.58. The standard InChI is InChI=1S/C32H51N7O4/c1-3-4-9-18-37(2)28(40)15-12-21-43-26-16-17-27-24(22-26)23-39(30(29(33)41)38-19-10-6-11-20-38)31(35-27)36-32(42)34-25-13-7-5-8-14-25/h16-17,22,25,30H,3-15,18-21,23H2,1-2H3,(H2,33,41)(H2,34,35,36,42). The molecule has 0 aromatic heterocycles. The summed E-state index contributed by atoms with van der Waals surface area (Å²) in [5, 5.41) is 6.04. The summed E-state index contributed by atoms with van der Waals surface area (Å²) < 4.78 is 6.02. The molecule has 3 aliphatic rings. The Hall–Kier alpha value is -3.34. The summed E-state index contributed by atoms with van der Waals surface area (Å²) >= 11 is 0. The number of unbranched alkanes of at least 4 members (excludes halogenated alkanes) is 2. The van der Waals surface area contributed by atoms with Crippen LogP contribution in [0.4, 0.5) is 10.5 Å². The lowest BCUT2D eigenvalue weighted by atomic mass is 9.96. The second kappa shape index (κ2) is 16.5. The van der Waals surface area contributed by atoms with Gasteiger partial charge in [-0.25, -0.2) is 9.79 Å². The van der Waals surface area contributed by atoms with Gasteiger partial charge >= 0.3 is 6.03 Å². The Morgan fingerprint density at radius 3 is 2.53 bits per heavy atom. The zero-order valence-electron chi connectivity index (χ0n) is 26.1. The number of carbonyl (C=O) groups is 3. The van der Waals surface area contributed by atoms with E-state index in [2.05, 4.69) is 22.5 Å². The number of guanidine groups is 1. The molecular weight excluding hydrogens is 546 g/mol. The Kier molecular flexibility index (Phi) is 12.5. The molecule has 1 atom stereocenters. The van der Waals surface area contributed by atoms with Gasteiger partial charge in [-0.15, -0.1) is 0 Å². The number of rotatable bonds is 13. The minimum Gasteiger partial charge on any atom is -0.494 e. The predicted molar refractivity (Wildman–Crippen MR) is 168 cm³/mol. The maximum Gasteiger partial charge on any atom is 0.321 e. The molecule has 0 radical (unpaired) electrons. The molecule has 0 spiro atoms. The second-order valence-electron chi connectivity index (χ2n) is 12.1. The van der Waals surface area contributed by atoms with Crippen molar-refractivity contribution in [3.63, 3.8) is 0 Å². The zero-order chi connectivity index (χ0) is 30.6. The third-order valence-electron chi connectivity index (χ3n) is 8.67. The highest BCUT2D eigenvalue weighted by Gasteiger charge is 2.36. The lowest BCUT2D eigenvalue weighted by Crippen LogP contribution is -2.62. The van der Waals surface area contributed by atoms with E-state index in [0.717, 1.165) is 89.4 Å². The minimum absolute atomic E-state index is 0.137. The van der Waals surface area contributed by atoms with Gasteiger partial charge < -0.3 is 25.6 Å². The number of hydrogen-bond donors (Lipinski definition) is 3. The fraction of sp³-hybridized carbons (Fsp3) is 0.688. The molecule has 11 heteroatoms. The number of nitrogens with one attached hydrogen (secondary N) is 2. The third-order valence-corrected chi connectivity index (χ3v) is 8.67. The van der Waals surface area contributed by atoms with Crippen LogP contribution in [0, 0.1) is 0 Å². The third kappa shape index (κ3) is 9.58. The van der Waals surface area contributed by atoms with Crippen LogP contribution in [0.1, 0.15) is 96.0 Å². The van der Waals surface area contributed by atoms with Gasteiger partial charge in [0.1, 0.15) is 5.75 Å². The monoisotopic (exact) mass is 597 g/mol. The molecule has 1 aliphatic carbocycles. The van der Waals surface area contributed by atoms with Crippen LogP contribution in [0.15, 0.2) is 23.2 Å². The number of hydrogen-bond acceptors (Lipinski definition) is 7. The number of aliphatic imine (C=N–C) groups is 1. The number of fused-ring (bicyclic) bond motifs is 1. The predicted octanol–water partition coefficient (Wildman–Crippen LogP) is 4.23. The Morgan fingerprint density at radius 1 is 1.07 bits per heavy atom. The minimum atomic E-state index is -0.730. The quantitative estimate of drug-likeness (QED) is 0.292. The van der Waals surface area contributed by atoms with Crippen LogP contribution in [0.3, 0.4) is 0 Å². The molecule has 4 rings (SSSR count). The van der Waals surface area contributed by atoms with E-state index in [1.165, 1.54) is 6.42 Å². The molecule has 2 heterocycles. The van der Waals surface area contributed by atoms with E-state index in [1.807, 2.05) is 30.1 Å². The number of carbonyl (C=O) groups excluding carboxylic acids is 3. The van der Waals surface area contributed by atoms with Gasteiger partial charge in [0, 0.05) is 44.7 Å². The van der Waals surface area contributed by atoms with Crippen molar-refractivity contribution < 1.29 is 19.1 Å². The molecule has 4 N–H and O–H groups in total. The fourth-order valence-electron chi connectivity index (χ4n) is 6.22. The van der Waals surface area contributed by atoms with E-state index in [-0.39, 0.29) is 18.0 Å². The van der Waals surface area contributed by atoms with Crippen LogP contribution in [0.5, 0.6) is 5.75 Å². The summed E-state index contributed by atoms with van der Waals surface area (Å²) in [5.74, 6) is 0.672. The Labute approximate surface area is 256 Å². The van der Waals surface area contributed by atoms with Crippen LogP contribution in [0.2, 0.25) is 0 Å². The van der Waals surface area contributed by atoms with Gasteiger partial charge in [-0.1, -0.05) is 45.4 Å². The lowest BCUT2D eigenvalue weighted by Gasteiger charge is -2.42. The topological polar surface area (TPSA) is 133 Å². The number of nitrogens with two attached hydrogens (primary N) is 1. The van der Waals surface area contributed by atoms with Crippen molar-refractivity contribution in [3.05, 3.63) is 23.8 Å². The van der Waals surface area contributed by atoms with Crippen LogP contribution in [-0.4, -0.2) is 84.0 Å². The SMILES string of the molecule is CCCCCN(C)C(=O)CCCOc1ccc2c(c1)CN(C(C(N)=O)N1CCCCC1)C(NC(=O)NC1CCCCC1)=N2. The smallest absolute Gasteiger partial charge is 0.321 e. The fourth-order valence-corrected chi connectivity index (χ4v) is 6.22. The van der Waals surface area contributed by atoms with Gasteiger partial charge in [-0.2, -0.15) is 0 Å². The Bertz CT molecular complexity index is 1110. The summed E-state index contributed by atoms with van der Waals surface area (Å²) in [6.07, 6.45) is 12.1. The van der Waals surface area contributed by atoms with E-state index in [0.29, 0.717) is 43.4 Å². The van der Waals surface area contributed by atoms with Crippen LogP contribution in [0.25, 0.3) is 0 Å². The van der Waals surface area contributed by atoms with Crippen LogP contribution < -0.4 is 21.1 Å². The van der Waals surface area contributed by atoms with E-state index in [9.17, 15) is 14.4 Å². The van der Waals surface area contributed by atoms with Gasteiger partial charge in [0.05, 0.1) is 18.8 Å².